The molecule has 1 N–H and O–H groups in total. The molecule has 3 heteroatoms. The van der Waals surface area contributed by atoms with Crippen molar-refractivity contribution in [3.05, 3.63) is 34.1 Å². The summed E-state index contributed by atoms with van der Waals surface area (Å²) in [6, 6.07) is 5.72. The molecule has 2 rings (SSSR count). The Kier molecular flexibility index (Phi) is 4.57. The molecule has 1 nitrogen and oxygen atoms in total. The van der Waals surface area contributed by atoms with E-state index in [4.69, 9.17) is 0 Å². The van der Waals surface area contributed by atoms with Gasteiger partial charge in [0.25, 0.3) is 0 Å². The molecule has 1 aromatic rings. The Morgan fingerprint density at radius 2 is 2.12 bits per heavy atom. The van der Waals surface area contributed by atoms with Crippen LogP contribution in [0.4, 0.5) is 4.39 Å². The molecule has 1 aliphatic rings. The summed E-state index contributed by atoms with van der Waals surface area (Å²) >= 11 is 3.30. The Morgan fingerprint density at radius 1 is 1.41 bits per heavy atom. The fourth-order valence-corrected chi connectivity index (χ4v) is 2.98. The van der Waals surface area contributed by atoms with Crippen molar-refractivity contribution >= 4 is 15.9 Å². The first-order valence-corrected chi connectivity index (χ1v) is 7.14. The summed E-state index contributed by atoms with van der Waals surface area (Å²) in [5, 5.41) is 3.51. The van der Waals surface area contributed by atoms with E-state index in [0.29, 0.717) is 10.5 Å². The van der Waals surface area contributed by atoms with Crippen LogP contribution in [0, 0.1) is 11.7 Å². The molecule has 0 unspecified atom stereocenters. The minimum Gasteiger partial charge on any atom is -0.310 e. The molecule has 1 aliphatic carbocycles. The van der Waals surface area contributed by atoms with E-state index in [1.807, 2.05) is 6.07 Å². The predicted molar refractivity (Wildman–Crippen MR) is 72.4 cm³/mol. The number of hydrogen-bond acceptors (Lipinski definition) is 1. The van der Waals surface area contributed by atoms with E-state index in [2.05, 4.69) is 28.2 Å². The smallest absolute Gasteiger partial charge is 0.137 e. The highest BCUT2D eigenvalue weighted by Gasteiger charge is 2.21. The van der Waals surface area contributed by atoms with Crippen LogP contribution in [-0.2, 0) is 6.54 Å². The number of hydrogen-bond donors (Lipinski definition) is 1. The van der Waals surface area contributed by atoms with Crippen LogP contribution >= 0.6 is 15.9 Å². The molecule has 0 saturated heterocycles. The molecule has 0 heterocycles. The van der Waals surface area contributed by atoms with E-state index in [-0.39, 0.29) is 5.82 Å². The lowest BCUT2D eigenvalue weighted by atomic mass is 9.99. The van der Waals surface area contributed by atoms with Crippen molar-refractivity contribution in [2.45, 2.75) is 45.2 Å². The Bertz CT molecular complexity index is 374. The van der Waals surface area contributed by atoms with Crippen molar-refractivity contribution in [1.29, 1.82) is 0 Å². The van der Waals surface area contributed by atoms with Gasteiger partial charge in [-0.3, -0.25) is 0 Å². The van der Waals surface area contributed by atoms with E-state index >= 15 is 0 Å². The lowest BCUT2D eigenvalue weighted by Crippen LogP contribution is -2.31. The molecule has 0 bridgehead atoms. The van der Waals surface area contributed by atoms with Gasteiger partial charge < -0.3 is 5.32 Å². The lowest BCUT2D eigenvalue weighted by Gasteiger charge is -2.20. The maximum Gasteiger partial charge on any atom is 0.137 e. The van der Waals surface area contributed by atoms with Crippen LogP contribution < -0.4 is 5.32 Å². The van der Waals surface area contributed by atoms with Crippen molar-refractivity contribution in [2.75, 3.05) is 0 Å². The zero-order valence-corrected chi connectivity index (χ0v) is 11.8. The van der Waals surface area contributed by atoms with Crippen molar-refractivity contribution in [3.8, 4) is 0 Å². The van der Waals surface area contributed by atoms with E-state index in [9.17, 15) is 4.39 Å². The summed E-state index contributed by atoms with van der Waals surface area (Å²) in [6.45, 7) is 2.97. The Hall–Kier alpha value is -0.410. The van der Waals surface area contributed by atoms with Crippen LogP contribution in [0.5, 0.6) is 0 Å². The molecule has 1 atom stereocenters. The van der Waals surface area contributed by atoms with Crippen LogP contribution in [0.25, 0.3) is 0 Å². The average molecular weight is 300 g/mol. The molecule has 17 heavy (non-hydrogen) atoms. The first-order valence-electron chi connectivity index (χ1n) is 6.34. The SMILES string of the molecule is C[C@@H](NCc1cccc(F)c1Br)C1CCCC1. The number of benzene rings is 1. The molecular weight excluding hydrogens is 281 g/mol. The van der Waals surface area contributed by atoms with Gasteiger partial charge in [-0.2, -0.15) is 0 Å². The van der Waals surface area contributed by atoms with E-state index in [0.717, 1.165) is 18.0 Å². The quantitative estimate of drug-likeness (QED) is 0.876. The highest BCUT2D eigenvalue weighted by Crippen LogP contribution is 2.28. The molecular formula is C14H19BrFN. The van der Waals surface area contributed by atoms with Gasteiger partial charge in [0.1, 0.15) is 5.82 Å². The zero-order valence-electron chi connectivity index (χ0n) is 10.2. The second-order valence-electron chi connectivity index (χ2n) is 4.93. The Morgan fingerprint density at radius 3 is 2.82 bits per heavy atom. The molecule has 1 fully saturated rings. The van der Waals surface area contributed by atoms with Gasteiger partial charge in [0.2, 0.25) is 0 Å². The highest BCUT2D eigenvalue weighted by molar-refractivity contribution is 9.10. The second-order valence-corrected chi connectivity index (χ2v) is 5.72. The third kappa shape index (κ3) is 3.29. The van der Waals surface area contributed by atoms with Gasteiger partial charge in [0, 0.05) is 12.6 Å². The van der Waals surface area contributed by atoms with Gasteiger partial charge in [-0.1, -0.05) is 25.0 Å². The first kappa shape index (κ1) is 13.0. The molecule has 1 saturated carbocycles. The summed E-state index contributed by atoms with van der Waals surface area (Å²) in [6.07, 6.45) is 5.39. The molecule has 1 aromatic carbocycles. The largest absolute Gasteiger partial charge is 0.310 e. The summed E-state index contributed by atoms with van der Waals surface area (Å²) < 4.78 is 13.9. The first-order chi connectivity index (χ1) is 8.18. The van der Waals surface area contributed by atoms with Crippen LogP contribution in [0.1, 0.15) is 38.2 Å². The Balaban J connectivity index is 1.90. The summed E-state index contributed by atoms with van der Waals surface area (Å²) in [5.74, 6) is 0.611. The van der Waals surface area contributed by atoms with E-state index < -0.39 is 0 Å². The fourth-order valence-electron chi connectivity index (χ4n) is 2.58. The normalized spacial score (nSPS) is 18.5. The van der Waals surface area contributed by atoms with Gasteiger partial charge in [-0.15, -0.1) is 0 Å². The van der Waals surface area contributed by atoms with Crippen LogP contribution in [0.15, 0.2) is 22.7 Å². The summed E-state index contributed by atoms with van der Waals surface area (Å²) in [5.41, 5.74) is 0.995. The lowest BCUT2D eigenvalue weighted by molar-refractivity contribution is 0.380. The van der Waals surface area contributed by atoms with E-state index in [1.54, 1.807) is 6.07 Å². The molecule has 0 amide bonds. The maximum atomic E-state index is 13.3. The predicted octanol–water partition coefficient (Wildman–Crippen LogP) is 4.26. The minimum atomic E-state index is -0.183. The number of halogens is 2. The standard InChI is InChI=1S/C14H19BrFN/c1-10(11-5-2-3-6-11)17-9-12-7-4-8-13(16)14(12)15/h4,7-8,10-11,17H,2-3,5-6,9H2,1H3/t10-/m1/s1. The highest BCUT2D eigenvalue weighted by atomic mass is 79.9. The monoisotopic (exact) mass is 299 g/mol. The van der Waals surface area contributed by atoms with Crippen molar-refractivity contribution in [3.63, 3.8) is 0 Å². The number of nitrogens with one attached hydrogen (secondary N) is 1. The topological polar surface area (TPSA) is 12.0 Å². The number of rotatable bonds is 4. The van der Waals surface area contributed by atoms with Crippen LogP contribution in [-0.4, -0.2) is 6.04 Å². The maximum absolute atomic E-state index is 13.3. The van der Waals surface area contributed by atoms with Crippen LogP contribution in [0.2, 0.25) is 0 Å². The van der Waals surface area contributed by atoms with E-state index in [1.165, 1.54) is 31.7 Å². The molecule has 0 aliphatic heterocycles. The van der Waals surface area contributed by atoms with Gasteiger partial charge in [0.05, 0.1) is 4.47 Å². The second kappa shape index (κ2) is 5.96. The minimum absolute atomic E-state index is 0.183. The van der Waals surface area contributed by atoms with Crippen molar-refractivity contribution in [2.24, 2.45) is 5.92 Å². The third-order valence-corrected chi connectivity index (χ3v) is 4.64. The molecule has 94 valence electrons. The van der Waals surface area contributed by atoms with Crippen molar-refractivity contribution < 1.29 is 4.39 Å². The molecule has 0 radical (unpaired) electrons. The summed E-state index contributed by atoms with van der Waals surface area (Å²) in [7, 11) is 0. The van der Waals surface area contributed by atoms with Gasteiger partial charge >= 0.3 is 0 Å². The average Bonchev–Trinajstić information content (AvgIpc) is 2.84. The Labute approximate surface area is 111 Å². The van der Waals surface area contributed by atoms with Gasteiger partial charge in [-0.25, -0.2) is 4.39 Å². The van der Waals surface area contributed by atoms with Gasteiger partial charge in [-0.05, 0) is 53.2 Å². The fraction of sp³-hybridized carbons (Fsp3) is 0.571. The third-order valence-electron chi connectivity index (χ3n) is 3.75. The van der Waals surface area contributed by atoms with Crippen LogP contribution in [0.3, 0.4) is 0 Å². The van der Waals surface area contributed by atoms with Gasteiger partial charge in [0.15, 0.2) is 0 Å². The molecule has 0 aromatic heterocycles. The van der Waals surface area contributed by atoms with Crippen molar-refractivity contribution in [1.82, 2.24) is 5.32 Å². The molecule has 0 spiro atoms. The summed E-state index contributed by atoms with van der Waals surface area (Å²) in [4.78, 5) is 0. The zero-order chi connectivity index (χ0) is 12.3.